The minimum absolute atomic E-state index is 0.0957. The standard InChI is InChI=1S/C22H30N2O6S2/c1-17-7-10-20(11-8-17)32(28,29)24-21-12-9-19(30-22(21)15-25)13-14-23-31(26,27)16-18-5-3-2-4-6-18/h2-8,10-11,19,21-25H,9,12-16H2,1H3/t19-,21-,22-/m1/s1. The Labute approximate surface area is 190 Å². The van der Waals surface area contributed by atoms with E-state index in [1.807, 2.05) is 13.0 Å². The van der Waals surface area contributed by atoms with E-state index in [9.17, 15) is 21.9 Å². The van der Waals surface area contributed by atoms with Crippen LogP contribution in [-0.2, 0) is 30.5 Å². The van der Waals surface area contributed by atoms with Crippen molar-refractivity contribution in [1.29, 1.82) is 0 Å². The van der Waals surface area contributed by atoms with Crippen molar-refractivity contribution < 1.29 is 26.7 Å². The lowest BCUT2D eigenvalue weighted by molar-refractivity contribution is -0.0869. The molecule has 2 aromatic rings. The molecule has 0 spiro atoms. The first-order valence-electron chi connectivity index (χ1n) is 10.5. The number of rotatable bonds is 10. The molecule has 0 amide bonds. The Morgan fingerprint density at radius 3 is 2.34 bits per heavy atom. The molecule has 0 aromatic heterocycles. The molecule has 3 N–H and O–H groups in total. The highest BCUT2D eigenvalue weighted by Gasteiger charge is 2.34. The largest absolute Gasteiger partial charge is 0.394 e. The van der Waals surface area contributed by atoms with Crippen molar-refractivity contribution in [3.05, 3.63) is 65.7 Å². The van der Waals surface area contributed by atoms with E-state index in [-0.39, 0.29) is 29.9 Å². The summed E-state index contributed by atoms with van der Waals surface area (Å²) in [5, 5.41) is 9.73. The smallest absolute Gasteiger partial charge is 0.240 e. The number of hydrogen-bond acceptors (Lipinski definition) is 6. The maximum absolute atomic E-state index is 12.7. The third kappa shape index (κ3) is 7.09. The van der Waals surface area contributed by atoms with Crippen LogP contribution in [0, 0.1) is 6.92 Å². The summed E-state index contributed by atoms with van der Waals surface area (Å²) in [5.41, 5.74) is 1.67. The number of ether oxygens (including phenoxy) is 1. The molecule has 1 aliphatic rings. The van der Waals surface area contributed by atoms with Crippen LogP contribution in [0.2, 0.25) is 0 Å². The predicted octanol–water partition coefficient (Wildman–Crippen LogP) is 1.69. The van der Waals surface area contributed by atoms with Gasteiger partial charge in [-0.25, -0.2) is 26.3 Å². The summed E-state index contributed by atoms with van der Waals surface area (Å²) in [6.07, 6.45) is 0.499. The Morgan fingerprint density at radius 2 is 1.69 bits per heavy atom. The van der Waals surface area contributed by atoms with E-state index in [0.717, 1.165) is 5.56 Å². The summed E-state index contributed by atoms with van der Waals surface area (Å²) in [7, 11) is -7.21. The van der Waals surface area contributed by atoms with Gasteiger partial charge in [-0.15, -0.1) is 0 Å². The Bertz CT molecular complexity index is 1070. The summed E-state index contributed by atoms with van der Waals surface area (Å²) in [4.78, 5) is 0.162. The lowest BCUT2D eigenvalue weighted by Gasteiger charge is -2.36. The van der Waals surface area contributed by atoms with Gasteiger partial charge in [0.2, 0.25) is 20.0 Å². The van der Waals surface area contributed by atoms with Gasteiger partial charge in [-0.2, -0.15) is 0 Å². The molecule has 1 saturated heterocycles. The average Bonchev–Trinajstić information content (AvgIpc) is 2.75. The van der Waals surface area contributed by atoms with Crippen LogP contribution in [0.1, 0.15) is 30.4 Å². The molecule has 32 heavy (non-hydrogen) atoms. The van der Waals surface area contributed by atoms with Gasteiger partial charge in [0.1, 0.15) is 0 Å². The van der Waals surface area contributed by atoms with Crippen molar-refractivity contribution >= 4 is 20.0 Å². The van der Waals surface area contributed by atoms with E-state index in [1.54, 1.807) is 48.5 Å². The molecular weight excluding hydrogens is 452 g/mol. The van der Waals surface area contributed by atoms with Crippen LogP contribution in [0.25, 0.3) is 0 Å². The maximum Gasteiger partial charge on any atom is 0.240 e. The topological polar surface area (TPSA) is 122 Å². The molecule has 1 fully saturated rings. The second-order valence-electron chi connectivity index (χ2n) is 8.02. The third-order valence-corrected chi connectivity index (χ3v) is 8.28. The van der Waals surface area contributed by atoms with Crippen LogP contribution in [-0.4, -0.2) is 53.3 Å². The predicted molar refractivity (Wildman–Crippen MR) is 122 cm³/mol. The van der Waals surface area contributed by atoms with Gasteiger partial charge in [-0.1, -0.05) is 48.0 Å². The zero-order valence-corrected chi connectivity index (χ0v) is 19.6. The summed E-state index contributed by atoms with van der Waals surface area (Å²) in [6, 6.07) is 14.9. The van der Waals surface area contributed by atoms with Crippen LogP contribution < -0.4 is 9.44 Å². The molecule has 3 rings (SSSR count). The van der Waals surface area contributed by atoms with Crippen LogP contribution in [0.5, 0.6) is 0 Å². The first kappa shape index (κ1) is 24.8. The lowest BCUT2D eigenvalue weighted by atomic mass is 9.98. The van der Waals surface area contributed by atoms with Gasteiger partial charge in [0.15, 0.2) is 0 Å². The Hall–Kier alpha value is -1.82. The minimum atomic E-state index is -3.74. The Morgan fingerprint density at radius 1 is 1.00 bits per heavy atom. The molecule has 10 heteroatoms. The molecule has 0 radical (unpaired) electrons. The first-order chi connectivity index (χ1) is 15.2. The van der Waals surface area contributed by atoms with Crippen molar-refractivity contribution in [2.45, 2.75) is 55.1 Å². The van der Waals surface area contributed by atoms with Gasteiger partial charge in [0.25, 0.3) is 0 Å². The zero-order valence-electron chi connectivity index (χ0n) is 18.0. The number of benzene rings is 2. The second-order valence-corrected chi connectivity index (χ2v) is 11.5. The van der Waals surface area contributed by atoms with Crippen molar-refractivity contribution in [2.24, 2.45) is 0 Å². The number of aryl methyl sites for hydroxylation is 1. The average molecular weight is 483 g/mol. The molecular formula is C22H30N2O6S2. The van der Waals surface area contributed by atoms with Crippen molar-refractivity contribution in [2.75, 3.05) is 13.2 Å². The molecule has 0 bridgehead atoms. The molecule has 1 heterocycles. The Kier molecular flexibility index (Phi) is 8.43. The summed E-state index contributed by atoms with van der Waals surface area (Å²) >= 11 is 0. The summed E-state index contributed by atoms with van der Waals surface area (Å²) < 4.78 is 60.9. The third-order valence-electron chi connectivity index (χ3n) is 5.42. The summed E-state index contributed by atoms with van der Waals surface area (Å²) in [6.45, 7) is 1.75. The zero-order chi connectivity index (χ0) is 23.2. The monoisotopic (exact) mass is 482 g/mol. The van der Waals surface area contributed by atoms with Crippen molar-refractivity contribution in [3.8, 4) is 0 Å². The molecule has 2 aromatic carbocycles. The minimum Gasteiger partial charge on any atom is -0.394 e. The first-order valence-corrected chi connectivity index (χ1v) is 13.7. The van der Waals surface area contributed by atoms with Gasteiger partial charge in [-0.05, 0) is 43.9 Å². The lowest BCUT2D eigenvalue weighted by Crippen LogP contribution is -2.51. The highest BCUT2D eigenvalue weighted by atomic mass is 32.2. The van der Waals surface area contributed by atoms with Crippen molar-refractivity contribution in [1.82, 2.24) is 9.44 Å². The fourth-order valence-corrected chi connectivity index (χ4v) is 6.14. The molecule has 0 aliphatic carbocycles. The van der Waals surface area contributed by atoms with E-state index < -0.39 is 32.2 Å². The Balaban J connectivity index is 1.50. The fourth-order valence-electron chi connectivity index (χ4n) is 3.68. The highest BCUT2D eigenvalue weighted by Crippen LogP contribution is 2.23. The quantitative estimate of drug-likeness (QED) is 0.474. The number of sulfonamides is 2. The van der Waals surface area contributed by atoms with Crippen LogP contribution in [0.4, 0.5) is 0 Å². The molecule has 0 saturated carbocycles. The number of aliphatic hydroxyl groups excluding tert-OH is 1. The number of aliphatic hydroxyl groups is 1. The highest BCUT2D eigenvalue weighted by molar-refractivity contribution is 7.89. The molecule has 176 valence electrons. The second kappa shape index (κ2) is 10.9. The van der Waals surface area contributed by atoms with E-state index >= 15 is 0 Å². The number of nitrogens with one attached hydrogen (secondary N) is 2. The SMILES string of the molecule is Cc1ccc(S(=O)(=O)N[C@@H]2CC[C@H](CCNS(=O)(=O)Cc3ccccc3)O[C@@H]2CO)cc1. The van der Waals surface area contributed by atoms with Crippen LogP contribution >= 0.6 is 0 Å². The normalized spacial score (nSPS) is 22.0. The van der Waals surface area contributed by atoms with Crippen LogP contribution in [0.15, 0.2) is 59.5 Å². The van der Waals surface area contributed by atoms with Gasteiger partial charge < -0.3 is 9.84 Å². The number of hydrogen-bond donors (Lipinski definition) is 3. The van der Waals surface area contributed by atoms with E-state index in [1.165, 1.54) is 0 Å². The van der Waals surface area contributed by atoms with E-state index in [2.05, 4.69) is 9.44 Å². The van der Waals surface area contributed by atoms with Gasteiger partial charge in [-0.3, -0.25) is 0 Å². The van der Waals surface area contributed by atoms with Gasteiger partial charge in [0, 0.05) is 6.54 Å². The van der Waals surface area contributed by atoms with Gasteiger partial charge >= 0.3 is 0 Å². The summed E-state index contributed by atoms with van der Waals surface area (Å²) in [5.74, 6) is -0.0957. The van der Waals surface area contributed by atoms with Crippen molar-refractivity contribution in [3.63, 3.8) is 0 Å². The fraction of sp³-hybridized carbons (Fsp3) is 0.455. The molecule has 0 unspecified atom stereocenters. The molecule has 8 nitrogen and oxygen atoms in total. The molecule has 1 aliphatic heterocycles. The van der Waals surface area contributed by atoms with Crippen LogP contribution in [0.3, 0.4) is 0 Å². The molecule has 3 atom stereocenters. The maximum atomic E-state index is 12.7. The van der Waals surface area contributed by atoms with Gasteiger partial charge in [0.05, 0.1) is 35.5 Å². The van der Waals surface area contributed by atoms with E-state index in [0.29, 0.717) is 24.8 Å². The van der Waals surface area contributed by atoms with E-state index in [4.69, 9.17) is 4.74 Å².